The molecule has 0 aliphatic heterocycles. The van der Waals surface area contributed by atoms with E-state index in [2.05, 4.69) is 9.97 Å². The molecule has 20 heavy (non-hydrogen) atoms. The van der Waals surface area contributed by atoms with E-state index in [4.69, 9.17) is 0 Å². The Balaban J connectivity index is 2.40. The lowest BCUT2D eigenvalue weighted by Crippen LogP contribution is -2.18. The van der Waals surface area contributed by atoms with Crippen molar-refractivity contribution in [1.29, 1.82) is 0 Å². The van der Waals surface area contributed by atoms with Crippen molar-refractivity contribution in [2.45, 2.75) is 20.4 Å². The summed E-state index contributed by atoms with van der Waals surface area (Å²) in [5.41, 5.74) is 3.95. The first-order valence-corrected chi connectivity index (χ1v) is 6.52. The number of nitrogens with zero attached hydrogens (tertiary/aromatic N) is 1. The molecule has 0 aliphatic rings. The van der Waals surface area contributed by atoms with Gasteiger partial charge in [0.2, 0.25) is 0 Å². The summed E-state index contributed by atoms with van der Waals surface area (Å²) in [4.78, 5) is 29.9. The summed E-state index contributed by atoms with van der Waals surface area (Å²) in [6, 6.07) is 6.41. The summed E-state index contributed by atoms with van der Waals surface area (Å²) in [5, 5.41) is 0. The molecule has 2 N–H and O–H groups in total. The van der Waals surface area contributed by atoms with E-state index >= 15 is 0 Å². The Morgan fingerprint density at radius 3 is 2.70 bits per heavy atom. The molecule has 3 heterocycles. The zero-order chi connectivity index (χ0) is 14.3. The summed E-state index contributed by atoms with van der Waals surface area (Å²) in [6.07, 6.45) is 1.82. The number of aromatic nitrogens is 3. The second-order valence-electron chi connectivity index (χ2n) is 4.79. The molecular weight excluding hydrogens is 254 g/mol. The van der Waals surface area contributed by atoms with Crippen LogP contribution in [0.2, 0.25) is 0 Å². The maximum Gasteiger partial charge on any atom is 0.251 e. The highest BCUT2D eigenvalue weighted by Gasteiger charge is 2.11. The lowest BCUT2D eigenvalue weighted by molar-refractivity contribution is 0.761. The SMILES string of the molecule is CCn1c(=O)ccc2[nH]cc(-c3cc(=O)cc(C)[nH]3)c21. The molecule has 0 fully saturated rings. The highest BCUT2D eigenvalue weighted by atomic mass is 16.1. The second-order valence-corrected chi connectivity index (χ2v) is 4.79. The third kappa shape index (κ3) is 1.87. The fourth-order valence-corrected chi connectivity index (χ4v) is 2.55. The summed E-state index contributed by atoms with van der Waals surface area (Å²) >= 11 is 0. The van der Waals surface area contributed by atoms with Gasteiger partial charge in [-0.05, 0) is 19.9 Å². The zero-order valence-corrected chi connectivity index (χ0v) is 11.4. The van der Waals surface area contributed by atoms with Gasteiger partial charge in [0.05, 0.1) is 16.7 Å². The predicted molar refractivity (Wildman–Crippen MR) is 79.0 cm³/mol. The van der Waals surface area contributed by atoms with Gasteiger partial charge in [-0.25, -0.2) is 0 Å². The van der Waals surface area contributed by atoms with Crippen LogP contribution in [0.25, 0.3) is 22.3 Å². The molecule has 5 heteroatoms. The number of rotatable bonds is 2. The van der Waals surface area contributed by atoms with E-state index in [1.54, 1.807) is 28.8 Å². The smallest absolute Gasteiger partial charge is 0.251 e. The minimum absolute atomic E-state index is 0.0455. The third-order valence-corrected chi connectivity index (χ3v) is 3.39. The summed E-state index contributed by atoms with van der Waals surface area (Å²) in [5.74, 6) is 0. The average molecular weight is 269 g/mol. The highest BCUT2D eigenvalue weighted by Crippen LogP contribution is 2.25. The minimum Gasteiger partial charge on any atom is -0.359 e. The lowest BCUT2D eigenvalue weighted by Gasteiger charge is -2.07. The number of hydrogen-bond donors (Lipinski definition) is 2. The molecular formula is C15H15N3O2. The van der Waals surface area contributed by atoms with Gasteiger partial charge < -0.3 is 14.5 Å². The third-order valence-electron chi connectivity index (χ3n) is 3.39. The van der Waals surface area contributed by atoms with Crippen LogP contribution in [-0.4, -0.2) is 14.5 Å². The molecule has 102 valence electrons. The van der Waals surface area contributed by atoms with Gasteiger partial charge >= 0.3 is 0 Å². The van der Waals surface area contributed by atoms with Crippen molar-refractivity contribution >= 4 is 11.0 Å². The molecule has 0 saturated carbocycles. The standard InChI is InChI=1S/C15H15N3O2/c1-3-18-14(20)5-4-12-15(18)11(8-16-12)13-7-10(19)6-9(2)17-13/h4-8,16H,3H2,1-2H3,(H,17,19). The van der Waals surface area contributed by atoms with Crippen LogP contribution in [0.5, 0.6) is 0 Å². The Labute approximate surface area is 114 Å². The summed E-state index contributed by atoms with van der Waals surface area (Å²) in [7, 11) is 0. The Hall–Kier alpha value is -2.56. The zero-order valence-electron chi connectivity index (χ0n) is 11.4. The number of pyridine rings is 2. The number of aromatic amines is 2. The Morgan fingerprint density at radius 2 is 2.00 bits per heavy atom. The van der Waals surface area contributed by atoms with Crippen LogP contribution in [0.1, 0.15) is 12.6 Å². The van der Waals surface area contributed by atoms with Crippen molar-refractivity contribution < 1.29 is 0 Å². The molecule has 0 atom stereocenters. The topological polar surface area (TPSA) is 70.7 Å². The molecule has 3 aromatic rings. The quantitative estimate of drug-likeness (QED) is 0.747. The minimum atomic E-state index is -0.0491. The molecule has 0 aliphatic carbocycles. The van der Waals surface area contributed by atoms with Crippen LogP contribution in [-0.2, 0) is 6.54 Å². The van der Waals surface area contributed by atoms with Gasteiger partial charge in [0, 0.05) is 42.2 Å². The molecule has 0 radical (unpaired) electrons. The maximum absolute atomic E-state index is 12.0. The van der Waals surface area contributed by atoms with E-state index in [1.165, 1.54) is 0 Å². The van der Waals surface area contributed by atoms with Crippen molar-refractivity contribution in [2.75, 3.05) is 0 Å². The van der Waals surface area contributed by atoms with E-state index in [0.29, 0.717) is 12.2 Å². The maximum atomic E-state index is 12.0. The van der Waals surface area contributed by atoms with Gasteiger partial charge in [0.25, 0.3) is 5.56 Å². The van der Waals surface area contributed by atoms with Gasteiger partial charge in [0.1, 0.15) is 0 Å². The predicted octanol–water partition coefficient (Wildman–Crippen LogP) is 2.01. The van der Waals surface area contributed by atoms with Crippen LogP contribution < -0.4 is 11.0 Å². The van der Waals surface area contributed by atoms with E-state index in [0.717, 1.165) is 22.3 Å². The molecule has 3 rings (SSSR count). The largest absolute Gasteiger partial charge is 0.359 e. The first-order valence-electron chi connectivity index (χ1n) is 6.52. The molecule has 0 saturated heterocycles. The Kier molecular flexibility index (Phi) is 2.82. The van der Waals surface area contributed by atoms with E-state index in [-0.39, 0.29) is 11.0 Å². The van der Waals surface area contributed by atoms with E-state index in [9.17, 15) is 9.59 Å². The second kappa shape index (κ2) is 4.52. The number of fused-ring (bicyclic) bond motifs is 1. The van der Waals surface area contributed by atoms with Gasteiger partial charge in [-0.3, -0.25) is 9.59 Å². The molecule has 3 aromatic heterocycles. The highest BCUT2D eigenvalue weighted by molar-refractivity contribution is 5.91. The van der Waals surface area contributed by atoms with Gasteiger partial charge in [0.15, 0.2) is 5.43 Å². The summed E-state index contributed by atoms with van der Waals surface area (Å²) in [6.45, 7) is 4.35. The molecule has 0 aromatic carbocycles. The lowest BCUT2D eigenvalue weighted by atomic mass is 10.1. The Bertz CT molecular complexity index is 899. The Morgan fingerprint density at radius 1 is 1.20 bits per heavy atom. The van der Waals surface area contributed by atoms with Crippen molar-refractivity contribution in [3.05, 3.63) is 56.7 Å². The molecule has 0 amide bonds. The van der Waals surface area contributed by atoms with Crippen LogP contribution >= 0.6 is 0 Å². The van der Waals surface area contributed by atoms with Crippen LogP contribution in [0, 0.1) is 6.92 Å². The number of aryl methyl sites for hydroxylation is 2. The molecule has 0 bridgehead atoms. The monoisotopic (exact) mass is 269 g/mol. The van der Waals surface area contributed by atoms with Crippen LogP contribution in [0.4, 0.5) is 0 Å². The van der Waals surface area contributed by atoms with Gasteiger partial charge in [-0.2, -0.15) is 0 Å². The molecule has 5 nitrogen and oxygen atoms in total. The number of nitrogens with one attached hydrogen (secondary N) is 2. The van der Waals surface area contributed by atoms with Crippen molar-refractivity contribution in [2.24, 2.45) is 0 Å². The van der Waals surface area contributed by atoms with Crippen molar-refractivity contribution in [3.8, 4) is 11.3 Å². The fourth-order valence-electron chi connectivity index (χ4n) is 2.55. The summed E-state index contributed by atoms with van der Waals surface area (Å²) < 4.78 is 1.70. The van der Waals surface area contributed by atoms with Crippen molar-refractivity contribution in [1.82, 2.24) is 14.5 Å². The van der Waals surface area contributed by atoms with E-state index in [1.807, 2.05) is 20.0 Å². The first-order chi connectivity index (χ1) is 9.60. The normalized spacial score (nSPS) is 11.1. The van der Waals surface area contributed by atoms with Crippen LogP contribution in [0.3, 0.4) is 0 Å². The first kappa shape index (κ1) is 12.5. The van der Waals surface area contributed by atoms with Crippen LogP contribution in [0.15, 0.2) is 40.1 Å². The average Bonchev–Trinajstić information content (AvgIpc) is 2.81. The van der Waals surface area contributed by atoms with E-state index < -0.39 is 0 Å². The van der Waals surface area contributed by atoms with Gasteiger partial charge in [-0.1, -0.05) is 0 Å². The number of hydrogen-bond acceptors (Lipinski definition) is 2. The van der Waals surface area contributed by atoms with Gasteiger partial charge in [-0.15, -0.1) is 0 Å². The molecule has 0 spiro atoms. The fraction of sp³-hybridized carbons (Fsp3) is 0.200. The van der Waals surface area contributed by atoms with Crippen molar-refractivity contribution in [3.63, 3.8) is 0 Å². The molecule has 0 unspecified atom stereocenters. The number of H-pyrrole nitrogens is 2.